The summed E-state index contributed by atoms with van der Waals surface area (Å²) in [7, 11) is 4.45. The fourth-order valence-electron chi connectivity index (χ4n) is 4.27. The Morgan fingerprint density at radius 1 is 0.811 bits per heavy atom. The maximum Gasteiger partial charge on any atom is 0.333 e. The molecule has 37 heavy (non-hydrogen) atoms. The lowest BCUT2D eigenvalue weighted by molar-refractivity contribution is 0.374. The van der Waals surface area contributed by atoms with Gasteiger partial charge >= 0.3 is 5.69 Å². The van der Waals surface area contributed by atoms with Gasteiger partial charge in [-0.1, -0.05) is 35.9 Å². The van der Waals surface area contributed by atoms with Gasteiger partial charge in [0.2, 0.25) is 0 Å². The summed E-state index contributed by atoms with van der Waals surface area (Å²) < 4.78 is 18.3. The van der Waals surface area contributed by atoms with E-state index < -0.39 is 11.2 Å². The number of hydrogen-bond donors (Lipinski definition) is 2. The van der Waals surface area contributed by atoms with E-state index in [0.717, 1.165) is 10.1 Å². The molecule has 5 aromatic rings. The molecule has 3 aromatic carbocycles. The standard InChI is InChI=1S/C27H22ClN3O6/c1-35-18-11-17(12-19(13-18)36-2)31-26(33)24-21(29-27(31)34)14-23(28)30(24)16-9-7-15(8-10-16)20-5-4-6-22(37-3)25(20)32/h4-14,32H,1-3H3,(H,29,34). The molecule has 0 aliphatic carbocycles. The molecule has 2 heterocycles. The molecule has 9 nitrogen and oxygen atoms in total. The Kier molecular flexibility index (Phi) is 6.14. The molecule has 0 bridgehead atoms. The summed E-state index contributed by atoms with van der Waals surface area (Å²) in [5, 5.41) is 10.7. The van der Waals surface area contributed by atoms with Crippen molar-refractivity contribution in [2.75, 3.05) is 21.3 Å². The largest absolute Gasteiger partial charge is 0.504 e. The van der Waals surface area contributed by atoms with Crippen LogP contribution in [0.25, 0.3) is 33.5 Å². The third-order valence-corrected chi connectivity index (χ3v) is 6.33. The lowest BCUT2D eigenvalue weighted by atomic mass is 10.0. The highest BCUT2D eigenvalue weighted by atomic mass is 35.5. The van der Waals surface area contributed by atoms with Crippen LogP contribution < -0.4 is 25.5 Å². The third kappa shape index (κ3) is 4.09. The lowest BCUT2D eigenvalue weighted by Gasteiger charge is -2.12. The van der Waals surface area contributed by atoms with Gasteiger partial charge in [-0.25, -0.2) is 9.36 Å². The number of aromatic nitrogens is 3. The predicted octanol–water partition coefficient (Wildman–Crippen LogP) is 4.52. The van der Waals surface area contributed by atoms with E-state index in [0.29, 0.717) is 34.0 Å². The topological polar surface area (TPSA) is 108 Å². The van der Waals surface area contributed by atoms with Crippen LogP contribution in [-0.2, 0) is 0 Å². The van der Waals surface area contributed by atoms with Crippen molar-refractivity contribution >= 4 is 22.6 Å². The molecule has 0 aliphatic heterocycles. The first-order valence-corrected chi connectivity index (χ1v) is 11.5. The Bertz CT molecular complexity index is 1730. The first-order chi connectivity index (χ1) is 17.9. The molecule has 0 aliphatic rings. The number of methoxy groups -OCH3 is 3. The van der Waals surface area contributed by atoms with Crippen molar-refractivity contribution in [3.05, 3.63) is 92.7 Å². The highest BCUT2D eigenvalue weighted by Gasteiger charge is 2.19. The van der Waals surface area contributed by atoms with Crippen molar-refractivity contribution in [3.8, 4) is 45.5 Å². The molecule has 0 fully saturated rings. The maximum absolute atomic E-state index is 13.7. The smallest absolute Gasteiger partial charge is 0.333 e. The number of aromatic amines is 1. The highest BCUT2D eigenvalue weighted by Crippen LogP contribution is 2.37. The van der Waals surface area contributed by atoms with Gasteiger partial charge in [-0.15, -0.1) is 0 Å². The van der Waals surface area contributed by atoms with Gasteiger partial charge in [0.05, 0.1) is 32.5 Å². The lowest BCUT2D eigenvalue weighted by Crippen LogP contribution is -2.34. The fraction of sp³-hybridized carbons (Fsp3) is 0.111. The Labute approximate surface area is 215 Å². The van der Waals surface area contributed by atoms with Crippen molar-refractivity contribution in [2.24, 2.45) is 0 Å². The second kappa shape index (κ2) is 9.44. The average molecular weight is 520 g/mol. The van der Waals surface area contributed by atoms with Crippen LogP contribution in [-0.4, -0.2) is 40.6 Å². The number of para-hydroxylation sites is 1. The molecule has 188 valence electrons. The molecule has 5 rings (SSSR count). The van der Waals surface area contributed by atoms with Crippen LogP contribution in [0.2, 0.25) is 5.15 Å². The number of phenols is 1. The van der Waals surface area contributed by atoms with Crippen LogP contribution in [0.3, 0.4) is 0 Å². The van der Waals surface area contributed by atoms with E-state index in [2.05, 4.69) is 4.98 Å². The van der Waals surface area contributed by atoms with E-state index in [1.807, 2.05) is 0 Å². The first kappa shape index (κ1) is 24.1. The number of aromatic hydroxyl groups is 1. The van der Waals surface area contributed by atoms with Crippen molar-refractivity contribution in [3.63, 3.8) is 0 Å². The Morgan fingerprint density at radius 3 is 2.11 bits per heavy atom. The number of phenolic OH excluding ortho intramolecular Hbond substituents is 1. The molecule has 10 heteroatoms. The molecule has 2 aromatic heterocycles. The molecular weight excluding hydrogens is 498 g/mol. The van der Waals surface area contributed by atoms with Gasteiger partial charge in [0.15, 0.2) is 11.5 Å². The predicted molar refractivity (Wildman–Crippen MR) is 141 cm³/mol. The summed E-state index contributed by atoms with van der Waals surface area (Å²) in [6.07, 6.45) is 0. The summed E-state index contributed by atoms with van der Waals surface area (Å²) in [6, 6.07) is 18.6. The fourth-order valence-corrected chi connectivity index (χ4v) is 4.56. The highest BCUT2D eigenvalue weighted by molar-refractivity contribution is 6.31. The number of H-pyrrole nitrogens is 1. The normalized spacial score (nSPS) is 11.0. The second-order valence-corrected chi connectivity index (χ2v) is 8.50. The number of hydrogen-bond acceptors (Lipinski definition) is 6. The molecule has 0 amide bonds. The molecule has 0 unspecified atom stereocenters. The number of benzene rings is 3. The van der Waals surface area contributed by atoms with Crippen LogP contribution in [0.5, 0.6) is 23.0 Å². The molecule has 0 radical (unpaired) electrons. The van der Waals surface area contributed by atoms with Crippen LogP contribution in [0.1, 0.15) is 0 Å². The summed E-state index contributed by atoms with van der Waals surface area (Å²) in [6.45, 7) is 0. The van der Waals surface area contributed by atoms with Gasteiger partial charge in [-0.2, -0.15) is 0 Å². The van der Waals surface area contributed by atoms with E-state index in [1.165, 1.54) is 27.4 Å². The number of halogens is 1. The van der Waals surface area contributed by atoms with E-state index >= 15 is 0 Å². The van der Waals surface area contributed by atoms with Crippen molar-refractivity contribution in [1.29, 1.82) is 0 Å². The van der Waals surface area contributed by atoms with E-state index in [4.69, 9.17) is 25.8 Å². The maximum atomic E-state index is 13.7. The second-order valence-electron chi connectivity index (χ2n) is 8.11. The SMILES string of the molecule is COc1cc(OC)cc(-n2c(=O)[nH]c3cc(Cl)n(-c4ccc(-c5cccc(OC)c5O)cc4)c3c2=O)c1. The van der Waals surface area contributed by atoms with Gasteiger partial charge in [0.1, 0.15) is 22.2 Å². The van der Waals surface area contributed by atoms with E-state index in [1.54, 1.807) is 65.2 Å². The van der Waals surface area contributed by atoms with Crippen molar-refractivity contribution < 1.29 is 19.3 Å². The zero-order valence-electron chi connectivity index (χ0n) is 20.1. The van der Waals surface area contributed by atoms with Gasteiger partial charge < -0.3 is 24.3 Å². The molecule has 0 saturated carbocycles. The minimum Gasteiger partial charge on any atom is -0.504 e. The summed E-state index contributed by atoms with van der Waals surface area (Å²) >= 11 is 6.54. The molecule has 0 spiro atoms. The van der Waals surface area contributed by atoms with Gasteiger partial charge in [-0.05, 0) is 29.8 Å². The van der Waals surface area contributed by atoms with Crippen LogP contribution >= 0.6 is 11.6 Å². The van der Waals surface area contributed by atoms with Gasteiger partial charge in [0, 0.05) is 29.4 Å². The van der Waals surface area contributed by atoms with Crippen molar-refractivity contribution in [2.45, 2.75) is 0 Å². The van der Waals surface area contributed by atoms with Gasteiger partial charge in [0.25, 0.3) is 5.56 Å². The van der Waals surface area contributed by atoms with Gasteiger partial charge in [-0.3, -0.25) is 9.36 Å². The van der Waals surface area contributed by atoms with Crippen molar-refractivity contribution in [1.82, 2.24) is 14.1 Å². The monoisotopic (exact) mass is 519 g/mol. The molecule has 0 saturated heterocycles. The Morgan fingerprint density at radius 2 is 1.49 bits per heavy atom. The zero-order valence-corrected chi connectivity index (χ0v) is 20.9. The first-order valence-electron chi connectivity index (χ1n) is 11.1. The molecule has 0 atom stereocenters. The molecule has 2 N–H and O–H groups in total. The zero-order chi connectivity index (χ0) is 26.3. The minimum absolute atomic E-state index is 0.0244. The third-order valence-electron chi connectivity index (χ3n) is 6.06. The van der Waals surface area contributed by atoms with E-state index in [9.17, 15) is 14.7 Å². The quantitative estimate of drug-likeness (QED) is 0.341. The van der Waals surface area contributed by atoms with Crippen LogP contribution in [0, 0.1) is 0 Å². The van der Waals surface area contributed by atoms with E-state index in [-0.39, 0.29) is 22.1 Å². The minimum atomic E-state index is -0.634. The number of nitrogens with one attached hydrogen (secondary N) is 1. The number of nitrogens with zero attached hydrogens (tertiary/aromatic N) is 2. The number of rotatable bonds is 6. The Balaban J connectivity index is 1.68. The summed E-state index contributed by atoms with van der Waals surface area (Å²) in [5.74, 6) is 1.23. The van der Waals surface area contributed by atoms with Crippen LogP contribution in [0.15, 0.2) is 76.3 Å². The summed E-state index contributed by atoms with van der Waals surface area (Å²) in [4.78, 5) is 29.4. The number of fused-ring (bicyclic) bond motifs is 1. The summed E-state index contributed by atoms with van der Waals surface area (Å²) in [5.41, 5.74) is 1.46. The molecular formula is C27H22ClN3O6. The average Bonchev–Trinajstić information content (AvgIpc) is 3.24. The Hall–Kier alpha value is -4.63. The number of ether oxygens (including phenoxy) is 3. The van der Waals surface area contributed by atoms with Crippen LogP contribution in [0.4, 0.5) is 0 Å².